The second-order valence-corrected chi connectivity index (χ2v) is 3.03. The monoisotopic (exact) mass is 226 g/mol. The highest BCUT2D eigenvalue weighted by Gasteiger charge is 2.00. The fraction of sp³-hybridized carbons (Fsp3) is 0.333. The van der Waals surface area contributed by atoms with Crippen molar-refractivity contribution >= 4 is 0 Å². The fourth-order valence-corrected chi connectivity index (χ4v) is 1.10. The van der Waals surface area contributed by atoms with Crippen molar-refractivity contribution in [3.05, 3.63) is 29.6 Å². The normalized spacial score (nSPS) is 9.44. The van der Waals surface area contributed by atoms with Crippen molar-refractivity contribution in [1.82, 2.24) is 0 Å². The molecule has 0 bridgehead atoms. The van der Waals surface area contributed by atoms with Crippen molar-refractivity contribution in [2.45, 2.75) is 6.42 Å². The Balaban J connectivity index is 2.73. The van der Waals surface area contributed by atoms with E-state index in [1.54, 1.807) is 6.07 Å². The lowest BCUT2D eigenvalue weighted by Crippen LogP contribution is -1.98. The van der Waals surface area contributed by atoms with E-state index in [1.165, 1.54) is 12.1 Å². The first kappa shape index (κ1) is 12.5. The third-order valence-corrected chi connectivity index (χ3v) is 1.73. The summed E-state index contributed by atoms with van der Waals surface area (Å²) in [6.07, 6.45) is 0.272. The molecule has 0 aliphatic carbocycles. The van der Waals surface area contributed by atoms with Crippen LogP contribution in [-0.2, 0) is 0 Å². The second kappa shape index (κ2) is 6.81. The van der Waals surface area contributed by atoms with Crippen LogP contribution in [0.2, 0.25) is 0 Å². The van der Waals surface area contributed by atoms with Gasteiger partial charge < -0.3 is 9.84 Å². The van der Waals surface area contributed by atoms with E-state index in [0.29, 0.717) is 11.3 Å². The molecule has 0 saturated carbocycles. The second-order valence-electron chi connectivity index (χ2n) is 3.03. The van der Waals surface area contributed by atoms with Crippen molar-refractivity contribution in [2.24, 2.45) is 0 Å². The van der Waals surface area contributed by atoms with Crippen LogP contribution in [0.3, 0.4) is 0 Å². The van der Waals surface area contributed by atoms with Crippen LogP contribution in [0, 0.1) is 17.7 Å². The maximum atomic E-state index is 13.1. The molecule has 1 aromatic rings. The molecule has 1 rings (SSSR count). The SMILES string of the molecule is OCC#Cc1cc(F)cc(OCCCF)c1. The van der Waals surface area contributed by atoms with Gasteiger partial charge in [0.2, 0.25) is 0 Å². The highest BCUT2D eigenvalue weighted by atomic mass is 19.1. The first-order chi connectivity index (χ1) is 7.76. The highest BCUT2D eigenvalue weighted by molar-refractivity contribution is 5.40. The van der Waals surface area contributed by atoms with E-state index in [-0.39, 0.29) is 19.6 Å². The number of hydrogen-bond donors (Lipinski definition) is 1. The molecule has 0 amide bonds. The molecule has 0 fully saturated rings. The van der Waals surface area contributed by atoms with Crippen molar-refractivity contribution < 1.29 is 18.6 Å². The molecule has 1 N–H and O–H groups in total. The zero-order valence-corrected chi connectivity index (χ0v) is 8.67. The predicted octanol–water partition coefficient (Wildman–Crippen LogP) is 1.91. The van der Waals surface area contributed by atoms with Gasteiger partial charge in [-0.25, -0.2) is 4.39 Å². The third kappa shape index (κ3) is 4.28. The Kier molecular flexibility index (Phi) is 5.30. The molecule has 0 saturated heterocycles. The summed E-state index contributed by atoms with van der Waals surface area (Å²) in [5.74, 6) is 4.82. The molecule has 0 aliphatic rings. The van der Waals surface area contributed by atoms with Crippen LogP contribution in [0.1, 0.15) is 12.0 Å². The summed E-state index contributed by atoms with van der Waals surface area (Å²) in [4.78, 5) is 0. The van der Waals surface area contributed by atoms with Gasteiger partial charge in [-0.05, 0) is 12.1 Å². The molecule has 0 atom stereocenters. The fourth-order valence-electron chi connectivity index (χ4n) is 1.10. The molecule has 0 radical (unpaired) electrons. The van der Waals surface area contributed by atoms with Crippen LogP contribution in [0.5, 0.6) is 5.75 Å². The minimum Gasteiger partial charge on any atom is -0.493 e. The molecular weight excluding hydrogens is 214 g/mol. The predicted molar refractivity (Wildman–Crippen MR) is 56.5 cm³/mol. The topological polar surface area (TPSA) is 29.5 Å². The van der Waals surface area contributed by atoms with Crippen LogP contribution in [-0.4, -0.2) is 25.0 Å². The molecule has 0 aromatic heterocycles. The van der Waals surface area contributed by atoms with Crippen molar-refractivity contribution in [2.75, 3.05) is 19.9 Å². The van der Waals surface area contributed by atoms with Crippen LogP contribution in [0.25, 0.3) is 0 Å². The van der Waals surface area contributed by atoms with Gasteiger partial charge in [0.25, 0.3) is 0 Å². The Morgan fingerprint density at radius 2 is 2.12 bits per heavy atom. The van der Waals surface area contributed by atoms with Crippen LogP contribution in [0.4, 0.5) is 8.78 Å². The minimum absolute atomic E-state index is 0.201. The number of aliphatic hydroxyl groups is 1. The molecule has 2 nitrogen and oxygen atoms in total. The van der Waals surface area contributed by atoms with Crippen molar-refractivity contribution in [3.63, 3.8) is 0 Å². The smallest absolute Gasteiger partial charge is 0.128 e. The van der Waals surface area contributed by atoms with E-state index in [0.717, 1.165) is 0 Å². The summed E-state index contributed by atoms with van der Waals surface area (Å²) in [5.41, 5.74) is 0.421. The van der Waals surface area contributed by atoms with E-state index in [9.17, 15) is 8.78 Å². The number of halogens is 2. The van der Waals surface area contributed by atoms with Gasteiger partial charge >= 0.3 is 0 Å². The average molecular weight is 226 g/mol. The van der Waals surface area contributed by atoms with Gasteiger partial charge in [-0.15, -0.1) is 0 Å². The summed E-state index contributed by atoms with van der Waals surface area (Å²) in [6, 6.07) is 4.00. The van der Waals surface area contributed by atoms with Gasteiger partial charge in [-0.1, -0.05) is 11.8 Å². The largest absolute Gasteiger partial charge is 0.493 e. The summed E-state index contributed by atoms with van der Waals surface area (Å²) < 4.78 is 30.0. The molecule has 86 valence electrons. The highest BCUT2D eigenvalue weighted by Crippen LogP contribution is 2.16. The summed E-state index contributed by atoms with van der Waals surface area (Å²) in [7, 11) is 0. The minimum atomic E-state index is -0.472. The first-order valence-electron chi connectivity index (χ1n) is 4.85. The molecule has 16 heavy (non-hydrogen) atoms. The van der Waals surface area contributed by atoms with Gasteiger partial charge in [0, 0.05) is 18.1 Å². The Hall–Kier alpha value is -1.60. The number of aliphatic hydroxyl groups excluding tert-OH is 1. The van der Waals surface area contributed by atoms with Crippen LogP contribution in [0.15, 0.2) is 18.2 Å². The number of rotatable bonds is 4. The van der Waals surface area contributed by atoms with Crippen LogP contribution < -0.4 is 4.74 Å². The van der Waals surface area contributed by atoms with Gasteiger partial charge in [0.05, 0.1) is 13.3 Å². The Morgan fingerprint density at radius 1 is 1.31 bits per heavy atom. The summed E-state index contributed by atoms with van der Waals surface area (Å²) >= 11 is 0. The molecular formula is C12H12F2O2. The van der Waals surface area contributed by atoms with Gasteiger partial charge in [-0.3, -0.25) is 4.39 Å². The molecule has 0 aliphatic heterocycles. The average Bonchev–Trinajstić information content (AvgIpc) is 2.26. The quantitative estimate of drug-likeness (QED) is 0.627. The lowest BCUT2D eigenvalue weighted by molar-refractivity contribution is 0.288. The van der Waals surface area contributed by atoms with Crippen molar-refractivity contribution in [3.8, 4) is 17.6 Å². The number of ether oxygens (including phenoxy) is 1. The van der Waals surface area contributed by atoms with Gasteiger partial charge in [-0.2, -0.15) is 0 Å². The Bertz CT molecular complexity index is 394. The molecule has 0 unspecified atom stereocenters. The zero-order chi connectivity index (χ0) is 11.8. The maximum Gasteiger partial charge on any atom is 0.128 e. The van der Waals surface area contributed by atoms with E-state index in [4.69, 9.17) is 9.84 Å². The van der Waals surface area contributed by atoms with E-state index in [2.05, 4.69) is 11.8 Å². The Labute approximate surface area is 92.9 Å². The van der Waals surface area contributed by atoms with Gasteiger partial charge in [0.15, 0.2) is 0 Å². The Morgan fingerprint density at radius 3 is 2.81 bits per heavy atom. The summed E-state index contributed by atoms with van der Waals surface area (Å²) in [6.45, 7) is -0.548. The van der Waals surface area contributed by atoms with Crippen LogP contribution >= 0.6 is 0 Å². The molecule has 0 heterocycles. The van der Waals surface area contributed by atoms with E-state index < -0.39 is 12.5 Å². The number of alkyl halides is 1. The lowest BCUT2D eigenvalue weighted by atomic mass is 10.2. The number of benzene rings is 1. The first-order valence-corrected chi connectivity index (χ1v) is 4.85. The van der Waals surface area contributed by atoms with Gasteiger partial charge in [0.1, 0.15) is 18.2 Å². The number of hydrogen-bond acceptors (Lipinski definition) is 2. The standard InChI is InChI=1S/C12H12F2O2/c13-4-2-6-16-12-8-10(3-1-5-15)7-11(14)9-12/h7-9,15H,2,4-6H2. The molecule has 0 spiro atoms. The zero-order valence-electron chi connectivity index (χ0n) is 8.67. The molecule has 1 aromatic carbocycles. The summed E-state index contributed by atoms with van der Waals surface area (Å²) in [5, 5.41) is 8.50. The van der Waals surface area contributed by atoms with E-state index in [1.807, 2.05) is 0 Å². The molecule has 4 heteroatoms. The third-order valence-electron chi connectivity index (χ3n) is 1.73. The van der Waals surface area contributed by atoms with E-state index >= 15 is 0 Å². The lowest BCUT2D eigenvalue weighted by Gasteiger charge is -2.05. The van der Waals surface area contributed by atoms with Crippen molar-refractivity contribution in [1.29, 1.82) is 0 Å². The maximum absolute atomic E-state index is 13.1.